The van der Waals surface area contributed by atoms with Crippen molar-refractivity contribution in [1.82, 2.24) is 14.9 Å². The standard InChI is InChI=1S/C26H33N3O5S/c30-23-15-9-4-2-1-3-8-13-21-19-26(21,27-24(31)22-14-10-17-29(22)23)25(32)28-35(33,34)18-16-20-11-6-5-7-12-20/h5-8,11-13,16,18,21-22H,1-4,9-10,14-15,17,19H2,(H,27,31)(H,28,32)/b13-8-,18-16+/t21-,22+,26-/m1/s1. The average molecular weight is 500 g/mol. The van der Waals surface area contributed by atoms with Gasteiger partial charge in [0.05, 0.1) is 5.41 Å². The summed E-state index contributed by atoms with van der Waals surface area (Å²) in [7, 11) is -4.07. The molecule has 9 heteroatoms. The fraction of sp³-hybridized carbons (Fsp3) is 0.500. The van der Waals surface area contributed by atoms with Crippen molar-refractivity contribution in [2.24, 2.45) is 5.92 Å². The second kappa shape index (κ2) is 10.8. The van der Waals surface area contributed by atoms with Crippen LogP contribution in [0.5, 0.6) is 0 Å². The summed E-state index contributed by atoms with van der Waals surface area (Å²) in [4.78, 5) is 40.8. The normalized spacial score (nSPS) is 28.9. The largest absolute Gasteiger partial charge is 0.339 e. The lowest BCUT2D eigenvalue weighted by molar-refractivity contribution is -0.139. The van der Waals surface area contributed by atoms with Crippen LogP contribution in [0, 0.1) is 5.92 Å². The molecular weight excluding hydrogens is 466 g/mol. The molecule has 0 bridgehead atoms. The topological polar surface area (TPSA) is 113 Å². The second-order valence-electron chi connectivity index (χ2n) is 9.59. The third kappa shape index (κ3) is 6.20. The van der Waals surface area contributed by atoms with Crippen LogP contribution in [0.4, 0.5) is 0 Å². The fourth-order valence-corrected chi connectivity index (χ4v) is 5.75. The number of nitrogens with one attached hydrogen (secondary N) is 2. The molecule has 3 amide bonds. The van der Waals surface area contributed by atoms with Gasteiger partial charge in [0.15, 0.2) is 0 Å². The van der Waals surface area contributed by atoms with Gasteiger partial charge in [0.1, 0.15) is 11.6 Å². The van der Waals surface area contributed by atoms with Crippen molar-refractivity contribution in [2.75, 3.05) is 6.54 Å². The van der Waals surface area contributed by atoms with Crippen molar-refractivity contribution in [2.45, 2.75) is 69.4 Å². The van der Waals surface area contributed by atoms with E-state index < -0.39 is 33.4 Å². The maximum atomic E-state index is 13.2. The third-order valence-electron chi connectivity index (χ3n) is 7.00. The molecule has 188 valence electrons. The van der Waals surface area contributed by atoms with E-state index in [1.807, 2.05) is 18.2 Å². The number of hydrogen-bond donors (Lipinski definition) is 2. The number of carbonyl (C=O) groups excluding carboxylic acids is 3. The Kier molecular flexibility index (Phi) is 7.74. The summed E-state index contributed by atoms with van der Waals surface area (Å²) in [5, 5.41) is 3.79. The maximum absolute atomic E-state index is 13.2. The van der Waals surface area contributed by atoms with E-state index in [0.717, 1.165) is 43.9 Å². The molecule has 3 aliphatic rings. The molecule has 0 unspecified atom stereocenters. The zero-order valence-corrected chi connectivity index (χ0v) is 20.6. The highest BCUT2D eigenvalue weighted by atomic mass is 32.2. The number of rotatable bonds is 4. The molecule has 2 N–H and O–H groups in total. The Hall–Kier alpha value is -2.94. The molecular formula is C26H33N3O5S. The van der Waals surface area contributed by atoms with Crippen LogP contribution in [0.2, 0.25) is 0 Å². The Morgan fingerprint density at radius 1 is 1.09 bits per heavy atom. The molecule has 4 rings (SSSR count). The molecule has 0 radical (unpaired) electrons. The van der Waals surface area contributed by atoms with Gasteiger partial charge in [-0.2, -0.15) is 0 Å². The highest BCUT2D eigenvalue weighted by molar-refractivity contribution is 7.93. The fourth-order valence-electron chi connectivity index (χ4n) is 4.91. The van der Waals surface area contributed by atoms with Crippen molar-refractivity contribution >= 4 is 33.8 Å². The smallest absolute Gasteiger partial charge is 0.260 e. The van der Waals surface area contributed by atoms with E-state index in [9.17, 15) is 22.8 Å². The molecule has 3 atom stereocenters. The van der Waals surface area contributed by atoms with E-state index in [4.69, 9.17) is 0 Å². The highest BCUT2D eigenvalue weighted by Crippen LogP contribution is 2.45. The molecule has 1 aliphatic carbocycles. The van der Waals surface area contributed by atoms with Crippen molar-refractivity contribution in [3.63, 3.8) is 0 Å². The minimum absolute atomic E-state index is 0.0323. The number of carbonyl (C=O) groups is 3. The maximum Gasteiger partial charge on any atom is 0.260 e. The summed E-state index contributed by atoms with van der Waals surface area (Å²) >= 11 is 0. The van der Waals surface area contributed by atoms with Crippen molar-refractivity contribution in [3.8, 4) is 0 Å². The van der Waals surface area contributed by atoms with Crippen LogP contribution in [0.1, 0.15) is 63.4 Å². The number of amides is 3. The van der Waals surface area contributed by atoms with E-state index in [0.29, 0.717) is 31.4 Å². The van der Waals surface area contributed by atoms with Gasteiger partial charge in [0.2, 0.25) is 11.8 Å². The predicted molar refractivity (Wildman–Crippen MR) is 133 cm³/mol. The quantitative estimate of drug-likeness (QED) is 0.619. The predicted octanol–water partition coefficient (Wildman–Crippen LogP) is 2.88. The Morgan fingerprint density at radius 2 is 1.86 bits per heavy atom. The van der Waals surface area contributed by atoms with E-state index >= 15 is 0 Å². The zero-order valence-electron chi connectivity index (χ0n) is 19.8. The molecule has 2 fully saturated rings. The van der Waals surface area contributed by atoms with Gasteiger partial charge in [0, 0.05) is 18.9 Å². The van der Waals surface area contributed by atoms with Gasteiger partial charge in [-0.05, 0) is 50.2 Å². The molecule has 2 aliphatic heterocycles. The SMILES string of the molecule is O=C1N[C@]2(C(=O)NS(=O)(=O)/C=C/c3ccccc3)C[C@H]2/C=C\CCCCCCC(=O)N2CCC[C@@H]12. The van der Waals surface area contributed by atoms with E-state index in [1.54, 1.807) is 29.2 Å². The molecule has 1 saturated heterocycles. The molecule has 1 saturated carbocycles. The van der Waals surface area contributed by atoms with Gasteiger partial charge in [-0.1, -0.05) is 55.3 Å². The first-order valence-corrected chi connectivity index (χ1v) is 13.9. The first kappa shape index (κ1) is 25.2. The molecule has 1 aromatic carbocycles. The van der Waals surface area contributed by atoms with Crippen LogP contribution < -0.4 is 10.0 Å². The minimum atomic E-state index is -4.07. The summed E-state index contributed by atoms with van der Waals surface area (Å²) in [6, 6.07) is 8.27. The van der Waals surface area contributed by atoms with Crippen molar-refractivity contribution in [3.05, 3.63) is 53.5 Å². The summed E-state index contributed by atoms with van der Waals surface area (Å²) in [5.74, 6) is -1.47. The van der Waals surface area contributed by atoms with Crippen LogP contribution in [-0.2, 0) is 24.4 Å². The van der Waals surface area contributed by atoms with Crippen LogP contribution >= 0.6 is 0 Å². The van der Waals surface area contributed by atoms with Gasteiger partial charge < -0.3 is 10.2 Å². The molecule has 0 aromatic heterocycles. The molecule has 2 heterocycles. The Bertz CT molecular complexity index is 1120. The number of benzene rings is 1. The van der Waals surface area contributed by atoms with Crippen LogP contribution in [-0.4, -0.2) is 49.2 Å². The van der Waals surface area contributed by atoms with Crippen molar-refractivity contribution in [1.29, 1.82) is 0 Å². The number of allylic oxidation sites excluding steroid dienone is 1. The molecule has 8 nitrogen and oxygen atoms in total. The highest BCUT2D eigenvalue weighted by Gasteiger charge is 2.61. The second-order valence-corrected chi connectivity index (χ2v) is 11.2. The lowest BCUT2D eigenvalue weighted by Gasteiger charge is -2.26. The summed E-state index contributed by atoms with van der Waals surface area (Å²) in [5.41, 5.74) is -0.650. The lowest BCUT2D eigenvalue weighted by Crippen LogP contribution is -2.56. The number of sulfonamides is 1. The van der Waals surface area contributed by atoms with Crippen LogP contribution in [0.25, 0.3) is 6.08 Å². The summed E-state index contributed by atoms with van der Waals surface area (Å²) < 4.78 is 27.4. The summed E-state index contributed by atoms with van der Waals surface area (Å²) in [6.45, 7) is 0.526. The van der Waals surface area contributed by atoms with Gasteiger partial charge >= 0.3 is 0 Å². The van der Waals surface area contributed by atoms with Gasteiger partial charge in [-0.15, -0.1) is 0 Å². The molecule has 35 heavy (non-hydrogen) atoms. The zero-order chi connectivity index (χ0) is 24.9. The van der Waals surface area contributed by atoms with E-state index in [-0.39, 0.29) is 11.8 Å². The van der Waals surface area contributed by atoms with Crippen LogP contribution in [0.3, 0.4) is 0 Å². The number of nitrogens with zero attached hydrogens (tertiary/aromatic N) is 1. The van der Waals surface area contributed by atoms with Gasteiger partial charge in [-0.25, -0.2) is 13.1 Å². The first-order valence-electron chi connectivity index (χ1n) is 12.4. The lowest BCUT2D eigenvalue weighted by atomic mass is 10.1. The molecule has 1 aromatic rings. The van der Waals surface area contributed by atoms with Crippen molar-refractivity contribution < 1.29 is 22.8 Å². The van der Waals surface area contributed by atoms with Gasteiger partial charge in [0.25, 0.3) is 15.9 Å². The van der Waals surface area contributed by atoms with E-state index in [1.165, 1.54) is 6.08 Å². The monoisotopic (exact) mass is 499 g/mol. The van der Waals surface area contributed by atoms with Gasteiger partial charge in [-0.3, -0.25) is 14.4 Å². The average Bonchev–Trinajstić information content (AvgIpc) is 3.29. The minimum Gasteiger partial charge on any atom is -0.339 e. The van der Waals surface area contributed by atoms with E-state index in [2.05, 4.69) is 10.0 Å². The Balaban J connectivity index is 1.52. The third-order valence-corrected chi connectivity index (χ3v) is 7.96. The Morgan fingerprint density at radius 3 is 2.66 bits per heavy atom. The molecule has 0 spiro atoms. The number of fused-ring (bicyclic) bond motifs is 2. The summed E-state index contributed by atoms with van der Waals surface area (Å²) in [6.07, 6.45) is 11.9. The first-order chi connectivity index (χ1) is 16.8. The Labute approximate surface area is 206 Å². The number of hydrogen-bond acceptors (Lipinski definition) is 5. The van der Waals surface area contributed by atoms with Crippen LogP contribution in [0.15, 0.2) is 47.9 Å².